The molecule has 0 aromatic carbocycles. The van der Waals surface area contributed by atoms with Crippen molar-refractivity contribution in [1.29, 1.82) is 0 Å². The van der Waals surface area contributed by atoms with Crippen LogP contribution in [0.3, 0.4) is 0 Å². The molecule has 2 heterocycles. The molecule has 2 bridgehead atoms. The maximum atomic E-state index is 12.9. The Morgan fingerprint density at radius 2 is 1.29 bits per heavy atom. The fourth-order valence-electron chi connectivity index (χ4n) is 4.38. The molecule has 2 aliphatic heterocycles. The molecule has 2 unspecified atom stereocenters. The van der Waals surface area contributed by atoms with Crippen molar-refractivity contribution < 1.29 is 16.8 Å². The van der Waals surface area contributed by atoms with Crippen LogP contribution in [0.4, 0.5) is 0 Å². The van der Waals surface area contributed by atoms with Crippen LogP contribution in [0.5, 0.6) is 0 Å². The normalized spacial score (nSPS) is 36.0. The van der Waals surface area contributed by atoms with E-state index in [0.717, 1.165) is 44.9 Å². The zero-order valence-corrected chi connectivity index (χ0v) is 14.2. The third kappa shape index (κ3) is 2.88. The van der Waals surface area contributed by atoms with Gasteiger partial charge in [-0.3, -0.25) is 0 Å². The molecule has 3 rings (SSSR count). The lowest BCUT2D eigenvalue weighted by atomic mass is 10.0. The van der Waals surface area contributed by atoms with Crippen LogP contribution in [0.1, 0.15) is 57.8 Å². The Morgan fingerprint density at radius 1 is 0.762 bits per heavy atom. The third-order valence-corrected chi connectivity index (χ3v) is 9.59. The van der Waals surface area contributed by atoms with Gasteiger partial charge >= 0.3 is 0 Å². The fraction of sp³-hybridized carbons (Fsp3) is 1.00. The second kappa shape index (κ2) is 5.49. The highest BCUT2D eigenvalue weighted by Crippen LogP contribution is 2.42. The highest BCUT2D eigenvalue weighted by Gasteiger charge is 2.50. The fourth-order valence-corrected chi connectivity index (χ4v) is 8.02. The number of hydrogen-bond acceptors (Lipinski definition) is 4. The molecule has 122 valence electrons. The number of piperidine rings is 1. The van der Waals surface area contributed by atoms with Crippen LogP contribution >= 0.6 is 0 Å². The van der Waals surface area contributed by atoms with Crippen molar-refractivity contribution in [2.24, 2.45) is 0 Å². The van der Waals surface area contributed by atoms with E-state index in [1.54, 1.807) is 4.31 Å². The van der Waals surface area contributed by atoms with E-state index in [0.29, 0.717) is 12.8 Å². The van der Waals surface area contributed by atoms with E-state index >= 15 is 0 Å². The maximum Gasteiger partial charge on any atom is 0.217 e. The predicted molar refractivity (Wildman–Crippen MR) is 82.3 cm³/mol. The Kier molecular flexibility index (Phi) is 4.12. The Morgan fingerprint density at radius 3 is 1.76 bits per heavy atom. The van der Waals surface area contributed by atoms with Gasteiger partial charge in [-0.25, -0.2) is 16.8 Å². The van der Waals surface area contributed by atoms with Crippen molar-refractivity contribution in [3.05, 3.63) is 0 Å². The number of sulfone groups is 1. The first kappa shape index (κ1) is 15.7. The summed E-state index contributed by atoms with van der Waals surface area (Å²) >= 11 is 0. The maximum absolute atomic E-state index is 12.9. The molecule has 0 amide bonds. The summed E-state index contributed by atoms with van der Waals surface area (Å²) in [6, 6.07) is -0.175. The van der Waals surface area contributed by atoms with Gasteiger partial charge in [-0.05, 0) is 38.5 Å². The molecule has 7 heteroatoms. The van der Waals surface area contributed by atoms with E-state index < -0.39 is 19.9 Å². The van der Waals surface area contributed by atoms with Crippen LogP contribution in [0.2, 0.25) is 0 Å². The van der Waals surface area contributed by atoms with Crippen molar-refractivity contribution in [3.63, 3.8) is 0 Å². The van der Waals surface area contributed by atoms with Gasteiger partial charge in [0.15, 0.2) is 0 Å². The zero-order valence-electron chi connectivity index (χ0n) is 12.6. The Labute approximate surface area is 128 Å². The standard InChI is InChI=1S/C14H25NO4S2/c1-20(16,17)14-9-11-7-8-12(10-14)15(11)21(18,19)13-5-3-2-4-6-13/h11-14H,2-10H2,1H3. The van der Waals surface area contributed by atoms with E-state index in [4.69, 9.17) is 0 Å². The lowest BCUT2D eigenvalue weighted by Gasteiger charge is -2.39. The molecule has 2 atom stereocenters. The van der Waals surface area contributed by atoms with E-state index in [1.165, 1.54) is 6.26 Å². The summed E-state index contributed by atoms with van der Waals surface area (Å²) < 4.78 is 51.2. The number of rotatable bonds is 3. The van der Waals surface area contributed by atoms with E-state index in [1.807, 2.05) is 0 Å². The number of fused-ring (bicyclic) bond motifs is 2. The summed E-state index contributed by atoms with van der Waals surface area (Å²) in [4.78, 5) is 0. The molecular formula is C14H25NO4S2. The van der Waals surface area contributed by atoms with Gasteiger partial charge < -0.3 is 0 Å². The first-order valence-electron chi connectivity index (χ1n) is 8.01. The van der Waals surface area contributed by atoms with Crippen LogP contribution in [0.15, 0.2) is 0 Å². The predicted octanol–water partition coefficient (Wildman–Crippen LogP) is 1.69. The topological polar surface area (TPSA) is 71.5 Å². The second-order valence-electron chi connectivity index (χ2n) is 6.94. The lowest BCUT2D eigenvalue weighted by Crippen LogP contribution is -2.52. The Bertz CT molecular complexity index is 578. The minimum absolute atomic E-state index is 0.0876. The molecule has 0 aromatic rings. The van der Waals surface area contributed by atoms with Crippen molar-refractivity contribution in [2.75, 3.05) is 6.26 Å². The summed E-state index contributed by atoms with van der Waals surface area (Å²) in [7, 11) is -6.32. The molecule has 3 fully saturated rings. The average Bonchev–Trinajstić information content (AvgIpc) is 2.70. The van der Waals surface area contributed by atoms with Crippen molar-refractivity contribution in [2.45, 2.75) is 80.4 Å². The minimum Gasteiger partial charge on any atom is -0.229 e. The molecule has 0 spiro atoms. The summed E-state index contributed by atoms with van der Waals surface area (Å²) in [5.41, 5.74) is 0. The molecule has 1 aliphatic carbocycles. The van der Waals surface area contributed by atoms with E-state index in [9.17, 15) is 16.8 Å². The van der Waals surface area contributed by atoms with Crippen LogP contribution in [-0.4, -0.2) is 50.0 Å². The second-order valence-corrected chi connectivity index (χ2v) is 11.4. The molecule has 2 saturated heterocycles. The molecular weight excluding hydrogens is 310 g/mol. The van der Waals surface area contributed by atoms with Crippen LogP contribution in [-0.2, 0) is 19.9 Å². The lowest BCUT2D eigenvalue weighted by molar-refractivity contribution is 0.244. The van der Waals surface area contributed by atoms with Crippen LogP contribution in [0.25, 0.3) is 0 Å². The average molecular weight is 335 g/mol. The first-order valence-corrected chi connectivity index (χ1v) is 11.5. The molecule has 0 radical (unpaired) electrons. The van der Waals surface area contributed by atoms with Crippen LogP contribution < -0.4 is 0 Å². The molecule has 5 nitrogen and oxygen atoms in total. The van der Waals surface area contributed by atoms with Gasteiger partial charge in [-0.15, -0.1) is 0 Å². The minimum atomic E-state index is -3.25. The summed E-state index contributed by atoms with van der Waals surface area (Å²) in [6.07, 6.45) is 8.57. The largest absolute Gasteiger partial charge is 0.229 e. The molecule has 1 saturated carbocycles. The molecule has 21 heavy (non-hydrogen) atoms. The van der Waals surface area contributed by atoms with Gasteiger partial charge in [-0.1, -0.05) is 19.3 Å². The monoisotopic (exact) mass is 335 g/mol. The van der Waals surface area contributed by atoms with Crippen LogP contribution in [0, 0.1) is 0 Å². The summed E-state index contributed by atoms with van der Waals surface area (Å²) in [5.74, 6) is 0. The quantitative estimate of drug-likeness (QED) is 0.787. The Hall–Kier alpha value is -0.140. The smallest absolute Gasteiger partial charge is 0.217 e. The number of nitrogens with zero attached hydrogens (tertiary/aromatic N) is 1. The summed E-state index contributed by atoms with van der Waals surface area (Å²) in [6.45, 7) is 0. The SMILES string of the molecule is CS(=O)(=O)C1CC2CCC(C1)N2S(=O)(=O)C1CCCCC1. The van der Waals surface area contributed by atoms with E-state index in [2.05, 4.69) is 0 Å². The van der Waals surface area contributed by atoms with E-state index in [-0.39, 0.29) is 22.6 Å². The molecule has 3 aliphatic rings. The van der Waals surface area contributed by atoms with Gasteiger partial charge in [0.2, 0.25) is 10.0 Å². The number of hydrogen-bond donors (Lipinski definition) is 0. The molecule has 0 N–H and O–H groups in total. The van der Waals surface area contributed by atoms with Crippen molar-refractivity contribution >= 4 is 19.9 Å². The zero-order chi connectivity index (χ0) is 15.3. The van der Waals surface area contributed by atoms with Crippen molar-refractivity contribution in [1.82, 2.24) is 4.31 Å². The first-order chi connectivity index (χ1) is 9.80. The summed E-state index contributed by atoms with van der Waals surface area (Å²) in [5, 5.41) is -0.586. The molecule has 0 aromatic heterocycles. The van der Waals surface area contributed by atoms with Gasteiger partial charge in [0.1, 0.15) is 9.84 Å². The number of sulfonamides is 1. The van der Waals surface area contributed by atoms with Gasteiger partial charge in [0.05, 0.1) is 10.5 Å². The Balaban J connectivity index is 1.81. The van der Waals surface area contributed by atoms with Gasteiger partial charge in [0.25, 0.3) is 0 Å². The highest BCUT2D eigenvalue weighted by atomic mass is 32.2. The van der Waals surface area contributed by atoms with Gasteiger partial charge in [-0.2, -0.15) is 4.31 Å². The third-order valence-electron chi connectivity index (χ3n) is 5.50. The highest BCUT2D eigenvalue weighted by molar-refractivity contribution is 7.91. The van der Waals surface area contributed by atoms with Gasteiger partial charge in [0, 0.05) is 18.3 Å². The van der Waals surface area contributed by atoms with Crippen molar-refractivity contribution in [3.8, 4) is 0 Å².